The number of rotatable bonds is 7. The highest BCUT2D eigenvalue weighted by atomic mass is 16.4. The highest BCUT2D eigenvalue weighted by Crippen LogP contribution is 2.09. The van der Waals surface area contributed by atoms with E-state index in [9.17, 15) is 9.59 Å². The molecule has 0 aliphatic heterocycles. The van der Waals surface area contributed by atoms with E-state index >= 15 is 0 Å². The summed E-state index contributed by atoms with van der Waals surface area (Å²) in [6.45, 7) is 4.53. The number of hydrogen-bond acceptors (Lipinski definition) is 2. The van der Waals surface area contributed by atoms with Gasteiger partial charge in [-0.25, -0.2) is 9.59 Å². The van der Waals surface area contributed by atoms with Crippen LogP contribution < -0.4 is 5.32 Å². The van der Waals surface area contributed by atoms with Gasteiger partial charge in [-0.3, -0.25) is 0 Å². The lowest BCUT2D eigenvalue weighted by atomic mass is 10.0. The fourth-order valence-corrected chi connectivity index (χ4v) is 2.19. The molecule has 0 saturated carbocycles. The van der Waals surface area contributed by atoms with Crippen LogP contribution in [0.5, 0.6) is 0 Å². The van der Waals surface area contributed by atoms with Crippen molar-refractivity contribution in [2.45, 2.75) is 39.2 Å². The van der Waals surface area contributed by atoms with Crippen LogP contribution in [-0.4, -0.2) is 41.6 Å². The number of amides is 2. The second-order valence-corrected chi connectivity index (χ2v) is 5.19. The maximum atomic E-state index is 12.0. The van der Waals surface area contributed by atoms with Crippen LogP contribution in [0.3, 0.4) is 0 Å². The van der Waals surface area contributed by atoms with E-state index in [-0.39, 0.29) is 12.1 Å². The molecule has 0 aliphatic rings. The molecule has 0 radical (unpaired) electrons. The SMILES string of the molecule is CCCC(C)N(C)C(=O)NCCc1ccccc1C(=O)O. The van der Waals surface area contributed by atoms with Crippen molar-refractivity contribution in [3.63, 3.8) is 0 Å². The molecule has 2 amide bonds. The van der Waals surface area contributed by atoms with Crippen LogP contribution in [0, 0.1) is 0 Å². The molecule has 5 heteroatoms. The summed E-state index contributed by atoms with van der Waals surface area (Å²) in [4.78, 5) is 24.7. The van der Waals surface area contributed by atoms with Gasteiger partial charge in [-0.2, -0.15) is 0 Å². The van der Waals surface area contributed by atoms with Crippen molar-refractivity contribution in [1.82, 2.24) is 10.2 Å². The van der Waals surface area contributed by atoms with Crippen LogP contribution in [0.15, 0.2) is 24.3 Å². The minimum atomic E-state index is -0.939. The van der Waals surface area contributed by atoms with Gasteiger partial charge in [0.1, 0.15) is 0 Å². The Morgan fingerprint density at radius 3 is 2.62 bits per heavy atom. The number of hydrogen-bond donors (Lipinski definition) is 2. The van der Waals surface area contributed by atoms with Crippen LogP contribution >= 0.6 is 0 Å². The number of carboxylic acids is 1. The zero-order chi connectivity index (χ0) is 15.8. The number of nitrogens with zero attached hydrogens (tertiary/aromatic N) is 1. The fraction of sp³-hybridized carbons (Fsp3) is 0.500. The van der Waals surface area contributed by atoms with Gasteiger partial charge >= 0.3 is 12.0 Å². The molecule has 0 bridgehead atoms. The van der Waals surface area contributed by atoms with Crippen molar-refractivity contribution in [2.75, 3.05) is 13.6 Å². The quantitative estimate of drug-likeness (QED) is 0.812. The molecule has 0 saturated heterocycles. The third-order valence-corrected chi connectivity index (χ3v) is 3.61. The summed E-state index contributed by atoms with van der Waals surface area (Å²) in [5.74, 6) is -0.939. The van der Waals surface area contributed by atoms with Crippen LogP contribution in [0.2, 0.25) is 0 Å². The third-order valence-electron chi connectivity index (χ3n) is 3.61. The smallest absolute Gasteiger partial charge is 0.335 e. The Morgan fingerprint density at radius 2 is 2.00 bits per heavy atom. The number of benzene rings is 1. The van der Waals surface area contributed by atoms with Gasteiger partial charge in [0, 0.05) is 19.6 Å². The number of carboxylic acid groups (broad SMARTS) is 1. The van der Waals surface area contributed by atoms with Crippen molar-refractivity contribution >= 4 is 12.0 Å². The largest absolute Gasteiger partial charge is 0.478 e. The fourth-order valence-electron chi connectivity index (χ4n) is 2.19. The van der Waals surface area contributed by atoms with Gasteiger partial charge in [-0.1, -0.05) is 31.5 Å². The van der Waals surface area contributed by atoms with Gasteiger partial charge in [-0.15, -0.1) is 0 Å². The molecule has 1 aromatic rings. The lowest BCUT2D eigenvalue weighted by Gasteiger charge is -2.24. The molecule has 1 rings (SSSR count). The van der Waals surface area contributed by atoms with Crippen molar-refractivity contribution in [1.29, 1.82) is 0 Å². The molecule has 5 nitrogen and oxygen atoms in total. The average Bonchev–Trinajstić information content (AvgIpc) is 2.46. The summed E-state index contributed by atoms with van der Waals surface area (Å²) < 4.78 is 0. The second kappa shape index (κ2) is 8.29. The number of urea groups is 1. The molecule has 116 valence electrons. The molecule has 0 aliphatic carbocycles. The molecule has 1 atom stereocenters. The van der Waals surface area contributed by atoms with E-state index < -0.39 is 5.97 Å². The monoisotopic (exact) mass is 292 g/mol. The summed E-state index contributed by atoms with van der Waals surface area (Å²) in [6.07, 6.45) is 2.50. The van der Waals surface area contributed by atoms with Crippen molar-refractivity contribution in [3.05, 3.63) is 35.4 Å². The number of carbonyl (C=O) groups is 2. The van der Waals surface area contributed by atoms with Gasteiger partial charge < -0.3 is 15.3 Å². The molecule has 21 heavy (non-hydrogen) atoms. The van der Waals surface area contributed by atoms with Crippen molar-refractivity contribution < 1.29 is 14.7 Å². The summed E-state index contributed by atoms with van der Waals surface area (Å²) in [6, 6.07) is 6.93. The van der Waals surface area contributed by atoms with Gasteiger partial charge in [0.2, 0.25) is 0 Å². The standard InChI is InChI=1S/C16H24N2O3/c1-4-7-12(2)18(3)16(21)17-11-10-13-8-5-6-9-14(13)15(19)20/h5-6,8-9,12H,4,7,10-11H2,1-3H3,(H,17,21)(H,19,20). The van der Waals surface area contributed by atoms with E-state index in [0.717, 1.165) is 18.4 Å². The molecule has 1 unspecified atom stereocenters. The number of nitrogens with one attached hydrogen (secondary N) is 1. The second-order valence-electron chi connectivity index (χ2n) is 5.19. The Kier molecular flexibility index (Phi) is 6.72. The van der Waals surface area contributed by atoms with Crippen LogP contribution in [-0.2, 0) is 6.42 Å². The van der Waals surface area contributed by atoms with E-state index in [2.05, 4.69) is 12.2 Å². The van der Waals surface area contributed by atoms with Gasteiger partial charge in [0.25, 0.3) is 0 Å². The highest BCUT2D eigenvalue weighted by Gasteiger charge is 2.14. The number of carbonyl (C=O) groups excluding carboxylic acids is 1. The Labute approximate surface area is 126 Å². The topological polar surface area (TPSA) is 69.6 Å². The predicted molar refractivity (Wildman–Crippen MR) is 82.6 cm³/mol. The number of aromatic carboxylic acids is 1. The van der Waals surface area contributed by atoms with Crippen molar-refractivity contribution in [2.24, 2.45) is 0 Å². The van der Waals surface area contributed by atoms with Crippen LogP contribution in [0.4, 0.5) is 4.79 Å². The molecular weight excluding hydrogens is 268 g/mol. The maximum Gasteiger partial charge on any atom is 0.335 e. The van der Waals surface area contributed by atoms with Gasteiger partial charge in [-0.05, 0) is 31.4 Å². The Hall–Kier alpha value is -2.04. The summed E-state index contributed by atoms with van der Waals surface area (Å²) in [7, 11) is 1.78. The van der Waals surface area contributed by atoms with Crippen LogP contribution in [0.1, 0.15) is 42.6 Å². The normalized spacial score (nSPS) is 11.8. The van der Waals surface area contributed by atoms with E-state index in [1.165, 1.54) is 0 Å². The molecule has 1 aromatic carbocycles. The van der Waals surface area contributed by atoms with E-state index in [1.807, 2.05) is 6.92 Å². The maximum absolute atomic E-state index is 12.0. The first-order valence-electron chi connectivity index (χ1n) is 7.29. The van der Waals surface area contributed by atoms with Gasteiger partial charge in [0.05, 0.1) is 5.56 Å². The minimum Gasteiger partial charge on any atom is -0.478 e. The minimum absolute atomic E-state index is 0.122. The van der Waals surface area contributed by atoms with Crippen molar-refractivity contribution in [3.8, 4) is 0 Å². The molecule has 0 heterocycles. The Balaban J connectivity index is 2.50. The zero-order valence-electron chi connectivity index (χ0n) is 12.9. The average molecular weight is 292 g/mol. The summed E-state index contributed by atoms with van der Waals surface area (Å²) in [5.41, 5.74) is 1.02. The molecule has 0 spiro atoms. The predicted octanol–water partition coefficient (Wildman–Crippen LogP) is 2.76. The summed E-state index contributed by atoms with van der Waals surface area (Å²) >= 11 is 0. The Bertz CT molecular complexity index is 488. The zero-order valence-corrected chi connectivity index (χ0v) is 12.9. The lowest BCUT2D eigenvalue weighted by Crippen LogP contribution is -2.43. The van der Waals surface area contributed by atoms with E-state index in [4.69, 9.17) is 5.11 Å². The first-order chi connectivity index (χ1) is 9.97. The molecule has 2 N–H and O–H groups in total. The molecular formula is C16H24N2O3. The highest BCUT2D eigenvalue weighted by molar-refractivity contribution is 5.89. The first-order valence-corrected chi connectivity index (χ1v) is 7.29. The lowest BCUT2D eigenvalue weighted by molar-refractivity contribution is 0.0695. The first kappa shape index (κ1) is 17.0. The van der Waals surface area contributed by atoms with Gasteiger partial charge in [0.15, 0.2) is 0 Å². The van der Waals surface area contributed by atoms with E-state index in [1.54, 1.807) is 36.2 Å². The Morgan fingerprint density at radius 1 is 1.33 bits per heavy atom. The molecule has 0 aromatic heterocycles. The van der Waals surface area contributed by atoms with Crippen LogP contribution in [0.25, 0.3) is 0 Å². The van der Waals surface area contributed by atoms with E-state index in [0.29, 0.717) is 18.5 Å². The third kappa shape index (κ3) is 5.10. The molecule has 0 fully saturated rings. The summed E-state index contributed by atoms with van der Waals surface area (Å²) in [5, 5.41) is 11.9.